The van der Waals surface area contributed by atoms with Gasteiger partial charge in [0.15, 0.2) is 6.61 Å². The van der Waals surface area contributed by atoms with Crippen LogP contribution in [-0.4, -0.2) is 18.7 Å². The molecule has 1 N–H and O–H groups in total. The van der Waals surface area contributed by atoms with Crippen molar-refractivity contribution < 1.29 is 9.53 Å². The van der Waals surface area contributed by atoms with Gasteiger partial charge in [-0.3, -0.25) is 4.79 Å². The third-order valence-corrected chi connectivity index (χ3v) is 3.50. The van der Waals surface area contributed by atoms with Gasteiger partial charge in [-0.1, -0.05) is 28.1 Å². The lowest BCUT2D eigenvalue weighted by atomic mass is 9.96. The van der Waals surface area contributed by atoms with Crippen LogP contribution < -0.4 is 10.2 Å². The summed E-state index contributed by atoms with van der Waals surface area (Å²) in [6.45, 7) is -0.0382. The fourth-order valence-corrected chi connectivity index (χ4v) is 2.14. The minimum absolute atomic E-state index is 0.0382. The Morgan fingerprint density at radius 2 is 2.20 bits per heavy atom. The summed E-state index contributed by atoms with van der Waals surface area (Å²) in [6.07, 6.45) is 9.30. The van der Waals surface area contributed by atoms with Gasteiger partial charge in [0.2, 0.25) is 0 Å². The zero-order chi connectivity index (χ0) is 14.2. The highest BCUT2D eigenvalue weighted by atomic mass is 79.9. The van der Waals surface area contributed by atoms with E-state index in [1.165, 1.54) is 0 Å². The number of hydrogen-bond acceptors (Lipinski definition) is 3. The van der Waals surface area contributed by atoms with E-state index in [9.17, 15) is 4.79 Å². The van der Waals surface area contributed by atoms with Crippen LogP contribution in [-0.2, 0) is 4.79 Å². The second-order valence-corrected chi connectivity index (χ2v) is 5.52. The molecule has 1 amide bonds. The predicted molar refractivity (Wildman–Crippen MR) is 82.8 cm³/mol. The lowest BCUT2D eigenvalue weighted by molar-refractivity contribution is -0.123. The van der Waals surface area contributed by atoms with Crippen LogP contribution in [0.4, 0.5) is 0 Å². The molecule has 20 heavy (non-hydrogen) atoms. The molecule has 2 rings (SSSR count). The standard InChI is InChI=1S/C15H17BrN2O2/c16-13-6-8-14(9-7-13)20-11-15(19)18-17-10-12-4-2-1-3-5-12/h1-2,6-10,12H,3-5,11H2,(H,18,19)/b17-10+. The number of carbonyl (C=O) groups excluding carboxylic acids is 1. The molecule has 5 heteroatoms. The maximum atomic E-state index is 11.6. The van der Waals surface area contributed by atoms with Crippen molar-refractivity contribution in [2.45, 2.75) is 19.3 Å². The third kappa shape index (κ3) is 5.17. The quantitative estimate of drug-likeness (QED) is 0.509. The molecule has 1 aliphatic carbocycles. The monoisotopic (exact) mass is 336 g/mol. The first-order valence-corrected chi connectivity index (χ1v) is 7.39. The van der Waals surface area contributed by atoms with E-state index in [1.807, 2.05) is 12.1 Å². The van der Waals surface area contributed by atoms with Crippen LogP contribution in [0.3, 0.4) is 0 Å². The summed E-state index contributed by atoms with van der Waals surface area (Å²) in [5.41, 5.74) is 2.48. The number of halogens is 1. The number of hydrogen-bond donors (Lipinski definition) is 1. The summed E-state index contributed by atoms with van der Waals surface area (Å²) >= 11 is 3.34. The molecule has 0 fully saturated rings. The number of nitrogens with zero attached hydrogens (tertiary/aromatic N) is 1. The van der Waals surface area contributed by atoms with E-state index in [-0.39, 0.29) is 12.5 Å². The largest absolute Gasteiger partial charge is 0.484 e. The molecule has 1 aliphatic rings. The van der Waals surface area contributed by atoms with Gasteiger partial charge in [-0.15, -0.1) is 0 Å². The summed E-state index contributed by atoms with van der Waals surface area (Å²) in [6, 6.07) is 7.33. The first kappa shape index (κ1) is 14.8. The van der Waals surface area contributed by atoms with Gasteiger partial charge in [0, 0.05) is 10.7 Å². The van der Waals surface area contributed by atoms with Gasteiger partial charge >= 0.3 is 0 Å². The lowest BCUT2D eigenvalue weighted by Crippen LogP contribution is -2.25. The van der Waals surface area contributed by atoms with Gasteiger partial charge in [0.05, 0.1) is 0 Å². The van der Waals surface area contributed by atoms with E-state index in [1.54, 1.807) is 18.3 Å². The summed E-state index contributed by atoms with van der Waals surface area (Å²) in [4.78, 5) is 11.6. The molecule has 0 saturated carbocycles. The average Bonchev–Trinajstić information content (AvgIpc) is 2.48. The van der Waals surface area contributed by atoms with Crippen LogP contribution in [0.2, 0.25) is 0 Å². The molecule has 0 aliphatic heterocycles. The smallest absolute Gasteiger partial charge is 0.277 e. The van der Waals surface area contributed by atoms with Crippen LogP contribution in [0.25, 0.3) is 0 Å². The number of ether oxygens (including phenoxy) is 1. The molecule has 0 saturated heterocycles. The van der Waals surface area contributed by atoms with Crippen molar-refractivity contribution in [3.63, 3.8) is 0 Å². The van der Waals surface area contributed by atoms with E-state index in [4.69, 9.17) is 4.74 Å². The van der Waals surface area contributed by atoms with Crippen LogP contribution in [0, 0.1) is 5.92 Å². The van der Waals surface area contributed by atoms with Gasteiger partial charge in [-0.05, 0) is 49.4 Å². The Morgan fingerprint density at radius 1 is 1.40 bits per heavy atom. The summed E-state index contributed by atoms with van der Waals surface area (Å²) in [7, 11) is 0. The lowest BCUT2D eigenvalue weighted by Gasteiger charge is -2.11. The molecule has 4 nitrogen and oxygen atoms in total. The molecule has 1 aromatic rings. The molecule has 0 aromatic heterocycles. The Labute approximate surface area is 127 Å². The molecule has 1 unspecified atom stereocenters. The number of amides is 1. The third-order valence-electron chi connectivity index (χ3n) is 2.97. The fourth-order valence-electron chi connectivity index (χ4n) is 1.88. The number of nitrogens with one attached hydrogen (secondary N) is 1. The molecular formula is C15H17BrN2O2. The topological polar surface area (TPSA) is 50.7 Å². The molecular weight excluding hydrogens is 320 g/mol. The number of hydrazone groups is 1. The van der Waals surface area contributed by atoms with Gasteiger partial charge in [0.25, 0.3) is 5.91 Å². The second kappa shape index (κ2) is 7.85. The first-order chi connectivity index (χ1) is 9.74. The van der Waals surface area contributed by atoms with E-state index < -0.39 is 0 Å². The zero-order valence-electron chi connectivity index (χ0n) is 11.1. The van der Waals surface area contributed by atoms with Crippen LogP contribution in [0.5, 0.6) is 5.75 Å². The van der Waals surface area contributed by atoms with E-state index >= 15 is 0 Å². The molecule has 0 bridgehead atoms. The highest BCUT2D eigenvalue weighted by Crippen LogP contribution is 2.16. The van der Waals surface area contributed by atoms with Gasteiger partial charge in [-0.25, -0.2) is 5.43 Å². The minimum atomic E-state index is -0.254. The van der Waals surface area contributed by atoms with Gasteiger partial charge in [0.1, 0.15) is 5.75 Å². The van der Waals surface area contributed by atoms with Crippen molar-refractivity contribution in [1.29, 1.82) is 0 Å². The van der Waals surface area contributed by atoms with Gasteiger partial charge < -0.3 is 4.74 Å². The normalized spacial score (nSPS) is 18.1. The fraction of sp³-hybridized carbons (Fsp3) is 0.333. The van der Waals surface area contributed by atoms with Crippen molar-refractivity contribution in [3.8, 4) is 5.75 Å². The molecule has 106 valence electrons. The Kier molecular flexibility index (Phi) is 5.80. The van der Waals surface area contributed by atoms with Crippen molar-refractivity contribution in [3.05, 3.63) is 40.9 Å². The van der Waals surface area contributed by atoms with Crippen LogP contribution in [0.15, 0.2) is 46.0 Å². The minimum Gasteiger partial charge on any atom is -0.484 e. The Balaban J connectivity index is 1.68. The second-order valence-electron chi connectivity index (χ2n) is 4.60. The van der Waals surface area contributed by atoms with E-state index in [0.717, 1.165) is 23.7 Å². The average molecular weight is 337 g/mol. The number of benzene rings is 1. The Hall–Kier alpha value is -1.62. The number of allylic oxidation sites excluding steroid dienone is 2. The maximum Gasteiger partial charge on any atom is 0.277 e. The summed E-state index contributed by atoms with van der Waals surface area (Å²) < 4.78 is 6.32. The Bertz CT molecular complexity index is 497. The zero-order valence-corrected chi connectivity index (χ0v) is 12.7. The summed E-state index contributed by atoms with van der Waals surface area (Å²) in [5, 5.41) is 3.98. The van der Waals surface area contributed by atoms with Crippen LogP contribution in [0.1, 0.15) is 19.3 Å². The highest BCUT2D eigenvalue weighted by molar-refractivity contribution is 9.10. The summed E-state index contributed by atoms with van der Waals surface area (Å²) in [5.74, 6) is 0.827. The van der Waals surface area contributed by atoms with Crippen LogP contribution >= 0.6 is 15.9 Å². The van der Waals surface area contributed by atoms with E-state index in [0.29, 0.717) is 11.7 Å². The van der Waals surface area contributed by atoms with Gasteiger partial charge in [-0.2, -0.15) is 5.10 Å². The van der Waals surface area contributed by atoms with Crippen molar-refractivity contribution in [2.75, 3.05) is 6.61 Å². The number of carbonyl (C=O) groups is 1. The highest BCUT2D eigenvalue weighted by Gasteiger charge is 2.07. The number of rotatable bonds is 5. The van der Waals surface area contributed by atoms with E-state index in [2.05, 4.69) is 38.6 Å². The predicted octanol–water partition coefficient (Wildman–Crippen LogP) is 3.29. The van der Waals surface area contributed by atoms with Crippen molar-refractivity contribution >= 4 is 28.1 Å². The van der Waals surface area contributed by atoms with Crippen molar-refractivity contribution in [1.82, 2.24) is 5.43 Å². The molecule has 0 spiro atoms. The molecule has 1 atom stereocenters. The maximum absolute atomic E-state index is 11.6. The van der Waals surface area contributed by atoms with Crippen molar-refractivity contribution in [2.24, 2.45) is 11.0 Å². The molecule has 0 radical (unpaired) electrons. The Morgan fingerprint density at radius 3 is 2.90 bits per heavy atom. The molecule has 0 heterocycles. The molecule has 1 aromatic carbocycles. The SMILES string of the molecule is O=C(COc1ccc(Br)cc1)N/N=C/C1CC=CCC1. The first-order valence-electron chi connectivity index (χ1n) is 6.59.